The van der Waals surface area contributed by atoms with E-state index in [2.05, 4.69) is 36.9 Å². The molecule has 28 heavy (non-hydrogen) atoms. The summed E-state index contributed by atoms with van der Waals surface area (Å²) in [6.45, 7) is 8.91. The molecule has 3 N–H and O–H groups in total. The quantitative estimate of drug-likeness (QED) is 0.230. The second-order valence-electron chi connectivity index (χ2n) is 5.81. The first-order valence-corrected chi connectivity index (χ1v) is 10.1. The van der Waals surface area contributed by atoms with Crippen LogP contribution in [0.5, 0.6) is 0 Å². The summed E-state index contributed by atoms with van der Waals surface area (Å²) in [7, 11) is 0. The van der Waals surface area contributed by atoms with E-state index in [1.54, 1.807) is 4.90 Å². The zero-order valence-corrected chi connectivity index (χ0v) is 20.7. The zero-order valence-electron chi connectivity index (χ0n) is 16.8. The topological polar surface area (TPSA) is 85.8 Å². The van der Waals surface area contributed by atoms with Gasteiger partial charge in [0.1, 0.15) is 0 Å². The number of carbonyl (C=O) groups excluding carboxylic acids is 2. The number of aliphatic imine (C=N–C) groups is 1. The molecule has 7 nitrogen and oxygen atoms in total. The summed E-state index contributed by atoms with van der Waals surface area (Å²) in [5, 5.41) is 9.09. The Morgan fingerprint density at radius 1 is 1.04 bits per heavy atom. The molecule has 0 fully saturated rings. The maximum atomic E-state index is 12.0. The first-order chi connectivity index (χ1) is 13.0. The van der Waals surface area contributed by atoms with Crippen LogP contribution in [0.3, 0.4) is 0 Å². The fraction of sp³-hybridized carbons (Fsp3) is 0.526. The summed E-state index contributed by atoms with van der Waals surface area (Å²) in [5.74, 6) is 0.646. The molecule has 0 saturated heterocycles. The molecule has 0 radical (unpaired) electrons. The van der Waals surface area contributed by atoms with E-state index in [0.717, 1.165) is 10.2 Å². The maximum Gasteiger partial charge on any atom is 0.226 e. The number of nitrogens with zero attached hydrogens (tertiary/aromatic N) is 2. The molecule has 1 rings (SSSR count). The maximum absolute atomic E-state index is 12.0. The van der Waals surface area contributed by atoms with Gasteiger partial charge in [0.25, 0.3) is 0 Å². The Bertz CT molecular complexity index is 621. The van der Waals surface area contributed by atoms with E-state index in [-0.39, 0.29) is 35.8 Å². The van der Waals surface area contributed by atoms with Crippen molar-refractivity contribution in [1.29, 1.82) is 0 Å². The van der Waals surface area contributed by atoms with Crippen molar-refractivity contribution in [1.82, 2.24) is 15.5 Å². The standard InChI is InChI=1S/C19H30BrN5O2.HI/c1-4-21-19(23-14-12-18(27)25(5-2)6-3)22-13-11-17(26)24-16-9-7-15(20)8-10-16;/h7-10H,4-6,11-14H2,1-3H3,(H,24,26)(H2,21,22,23);1H. The Labute approximate surface area is 193 Å². The van der Waals surface area contributed by atoms with Crippen LogP contribution in [0.1, 0.15) is 33.6 Å². The summed E-state index contributed by atoms with van der Waals surface area (Å²) < 4.78 is 0.966. The molecule has 1 aromatic carbocycles. The van der Waals surface area contributed by atoms with E-state index < -0.39 is 0 Å². The molecule has 0 aliphatic carbocycles. The Morgan fingerprint density at radius 3 is 2.25 bits per heavy atom. The SMILES string of the molecule is CCNC(=NCCC(=O)N(CC)CC)NCCC(=O)Nc1ccc(Br)cc1.I. The number of hydrogen-bond acceptors (Lipinski definition) is 3. The van der Waals surface area contributed by atoms with Crippen molar-refractivity contribution < 1.29 is 9.59 Å². The van der Waals surface area contributed by atoms with Crippen LogP contribution in [0.2, 0.25) is 0 Å². The van der Waals surface area contributed by atoms with Crippen LogP contribution in [-0.2, 0) is 9.59 Å². The molecule has 2 amide bonds. The van der Waals surface area contributed by atoms with E-state index in [1.165, 1.54) is 0 Å². The number of benzene rings is 1. The third kappa shape index (κ3) is 10.8. The average Bonchev–Trinajstić information content (AvgIpc) is 2.64. The molecular weight excluding hydrogens is 537 g/mol. The number of nitrogens with one attached hydrogen (secondary N) is 3. The van der Waals surface area contributed by atoms with Gasteiger partial charge in [-0.1, -0.05) is 15.9 Å². The van der Waals surface area contributed by atoms with E-state index in [9.17, 15) is 9.59 Å². The fourth-order valence-electron chi connectivity index (χ4n) is 2.39. The molecule has 9 heteroatoms. The zero-order chi connectivity index (χ0) is 20.1. The first-order valence-electron chi connectivity index (χ1n) is 9.35. The van der Waals surface area contributed by atoms with Crippen molar-refractivity contribution in [3.8, 4) is 0 Å². The van der Waals surface area contributed by atoms with E-state index >= 15 is 0 Å². The lowest BCUT2D eigenvalue weighted by Gasteiger charge is -2.18. The van der Waals surface area contributed by atoms with Gasteiger partial charge in [0.15, 0.2) is 5.96 Å². The Hall–Kier alpha value is -1.36. The van der Waals surface area contributed by atoms with Gasteiger partial charge in [0.2, 0.25) is 11.8 Å². The normalized spacial score (nSPS) is 10.6. The number of hydrogen-bond donors (Lipinski definition) is 3. The molecule has 0 heterocycles. The lowest BCUT2D eigenvalue weighted by atomic mass is 10.3. The summed E-state index contributed by atoms with van der Waals surface area (Å²) in [4.78, 5) is 30.2. The molecule has 0 aliphatic rings. The molecule has 0 atom stereocenters. The smallest absolute Gasteiger partial charge is 0.226 e. The van der Waals surface area contributed by atoms with Crippen LogP contribution < -0.4 is 16.0 Å². The highest BCUT2D eigenvalue weighted by atomic mass is 127. The van der Waals surface area contributed by atoms with E-state index in [4.69, 9.17) is 0 Å². The number of halogens is 2. The number of amides is 2. The third-order valence-electron chi connectivity index (χ3n) is 3.83. The minimum Gasteiger partial charge on any atom is -0.357 e. The predicted octanol–water partition coefficient (Wildman–Crippen LogP) is 3.21. The molecular formula is C19H31BrIN5O2. The van der Waals surface area contributed by atoms with Gasteiger partial charge in [-0.15, -0.1) is 24.0 Å². The molecule has 0 aliphatic heterocycles. The summed E-state index contributed by atoms with van der Waals surface area (Å²) in [5.41, 5.74) is 0.763. The van der Waals surface area contributed by atoms with Crippen molar-refractivity contribution in [2.75, 3.05) is 38.0 Å². The molecule has 0 saturated carbocycles. The highest BCUT2D eigenvalue weighted by Gasteiger charge is 2.09. The van der Waals surface area contributed by atoms with Crippen LogP contribution in [0.15, 0.2) is 33.7 Å². The predicted molar refractivity (Wildman–Crippen MR) is 129 cm³/mol. The third-order valence-corrected chi connectivity index (χ3v) is 4.36. The summed E-state index contributed by atoms with van der Waals surface area (Å²) in [6.07, 6.45) is 0.696. The molecule has 0 spiro atoms. The Morgan fingerprint density at radius 2 is 1.68 bits per heavy atom. The Kier molecular flexibility index (Phi) is 14.8. The van der Waals surface area contributed by atoms with Crippen LogP contribution in [0.25, 0.3) is 0 Å². The van der Waals surface area contributed by atoms with Gasteiger partial charge in [-0.2, -0.15) is 0 Å². The highest BCUT2D eigenvalue weighted by molar-refractivity contribution is 14.0. The van der Waals surface area contributed by atoms with E-state index in [0.29, 0.717) is 51.5 Å². The van der Waals surface area contributed by atoms with Gasteiger partial charge < -0.3 is 20.9 Å². The minimum absolute atomic E-state index is 0. The van der Waals surface area contributed by atoms with Gasteiger partial charge in [-0.05, 0) is 45.0 Å². The van der Waals surface area contributed by atoms with Gasteiger partial charge >= 0.3 is 0 Å². The number of carbonyl (C=O) groups is 2. The van der Waals surface area contributed by atoms with Crippen molar-refractivity contribution in [3.05, 3.63) is 28.7 Å². The van der Waals surface area contributed by atoms with Crippen molar-refractivity contribution in [2.45, 2.75) is 33.6 Å². The van der Waals surface area contributed by atoms with E-state index in [1.807, 2.05) is 45.0 Å². The van der Waals surface area contributed by atoms with Crippen LogP contribution in [-0.4, -0.2) is 55.4 Å². The van der Waals surface area contributed by atoms with Gasteiger partial charge in [0.05, 0.1) is 6.54 Å². The monoisotopic (exact) mass is 567 g/mol. The Balaban J connectivity index is 0.00000729. The lowest BCUT2D eigenvalue weighted by molar-refractivity contribution is -0.130. The average molecular weight is 568 g/mol. The summed E-state index contributed by atoms with van der Waals surface area (Å²) >= 11 is 3.36. The molecule has 1 aromatic rings. The van der Waals surface area contributed by atoms with Gasteiger partial charge in [-0.3, -0.25) is 14.6 Å². The second-order valence-corrected chi connectivity index (χ2v) is 6.72. The fourth-order valence-corrected chi connectivity index (χ4v) is 2.65. The largest absolute Gasteiger partial charge is 0.357 e. The molecule has 0 unspecified atom stereocenters. The lowest BCUT2D eigenvalue weighted by Crippen LogP contribution is -2.39. The van der Waals surface area contributed by atoms with Crippen molar-refractivity contribution >= 4 is 63.4 Å². The summed E-state index contributed by atoms with van der Waals surface area (Å²) in [6, 6.07) is 7.44. The number of rotatable bonds is 10. The molecule has 0 aromatic heterocycles. The van der Waals surface area contributed by atoms with Crippen LogP contribution in [0.4, 0.5) is 5.69 Å². The molecule has 0 bridgehead atoms. The van der Waals surface area contributed by atoms with Crippen LogP contribution >= 0.6 is 39.9 Å². The number of guanidine groups is 1. The van der Waals surface area contributed by atoms with Crippen molar-refractivity contribution in [2.24, 2.45) is 4.99 Å². The highest BCUT2D eigenvalue weighted by Crippen LogP contribution is 2.14. The second kappa shape index (κ2) is 15.5. The number of anilines is 1. The minimum atomic E-state index is -0.0719. The van der Waals surface area contributed by atoms with Crippen LogP contribution in [0, 0.1) is 0 Å². The van der Waals surface area contributed by atoms with Gasteiger partial charge in [0, 0.05) is 49.2 Å². The first kappa shape index (κ1) is 26.6. The van der Waals surface area contributed by atoms with Crippen molar-refractivity contribution in [3.63, 3.8) is 0 Å². The van der Waals surface area contributed by atoms with Gasteiger partial charge in [-0.25, -0.2) is 0 Å². The molecule has 158 valence electrons.